The standard InChI is InChI=1S/C20H16N4O4S/c1-24-18(16-10-12-5-2-3-8-15(12)28-16)22-23-20(24)29-11-17(25)21-14-7-4-6-13(9-14)19(26)27/h2-10H,11H2,1H3,(H,21,25)(H,26,27). The van der Waals surface area contributed by atoms with E-state index in [0.717, 1.165) is 11.0 Å². The molecule has 0 aliphatic carbocycles. The lowest BCUT2D eigenvalue weighted by atomic mass is 10.2. The van der Waals surface area contributed by atoms with E-state index in [1.54, 1.807) is 23.7 Å². The Balaban J connectivity index is 1.43. The van der Waals surface area contributed by atoms with Crippen LogP contribution in [0.25, 0.3) is 22.6 Å². The molecule has 0 aliphatic heterocycles. The second kappa shape index (κ2) is 7.80. The number of hydrogen-bond acceptors (Lipinski definition) is 6. The Morgan fingerprint density at radius 2 is 1.97 bits per heavy atom. The summed E-state index contributed by atoms with van der Waals surface area (Å²) in [6.45, 7) is 0. The van der Waals surface area contributed by atoms with Crippen molar-refractivity contribution in [3.8, 4) is 11.6 Å². The summed E-state index contributed by atoms with van der Waals surface area (Å²) >= 11 is 1.23. The first kappa shape index (κ1) is 18.8. The van der Waals surface area contributed by atoms with E-state index in [-0.39, 0.29) is 17.2 Å². The van der Waals surface area contributed by atoms with E-state index in [9.17, 15) is 9.59 Å². The summed E-state index contributed by atoms with van der Waals surface area (Å²) < 4.78 is 7.59. The van der Waals surface area contributed by atoms with E-state index >= 15 is 0 Å². The minimum absolute atomic E-state index is 0.101. The van der Waals surface area contributed by atoms with Crippen LogP contribution in [0.1, 0.15) is 10.4 Å². The second-order valence-electron chi connectivity index (χ2n) is 6.24. The smallest absolute Gasteiger partial charge is 0.335 e. The number of para-hydroxylation sites is 1. The largest absolute Gasteiger partial charge is 0.478 e. The summed E-state index contributed by atoms with van der Waals surface area (Å²) in [5.74, 6) is -0.0524. The number of furan rings is 1. The maximum Gasteiger partial charge on any atom is 0.335 e. The van der Waals surface area contributed by atoms with Crippen LogP contribution < -0.4 is 5.32 Å². The fraction of sp³-hybridized carbons (Fsp3) is 0.100. The van der Waals surface area contributed by atoms with E-state index in [4.69, 9.17) is 9.52 Å². The number of carboxylic acid groups (broad SMARTS) is 1. The lowest BCUT2D eigenvalue weighted by Gasteiger charge is -2.06. The molecule has 0 saturated carbocycles. The number of anilines is 1. The molecule has 1 amide bonds. The summed E-state index contributed by atoms with van der Waals surface area (Å²) in [4.78, 5) is 23.2. The van der Waals surface area contributed by atoms with Crippen molar-refractivity contribution in [2.75, 3.05) is 11.1 Å². The van der Waals surface area contributed by atoms with Crippen molar-refractivity contribution in [3.63, 3.8) is 0 Å². The number of aromatic nitrogens is 3. The van der Waals surface area contributed by atoms with Crippen LogP contribution in [0.4, 0.5) is 5.69 Å². The zero-order valence-electron chi connectivity index (χ0n) is 15.3. The van der Waals surface area contributed by atoms with Crippen LogP contribution in [0.2, 0.25) is 0 Å². The Morgan fingerprint density at radius 3 is 2.76 bits per heavy atom. The summed E-state index contributed by atoms with van der Waals surface area (Å²) in [6.07, 6.45) is 0. The van der Waals surface area contributed by atoms with Gasteiger partial charge in [-0.3, -0.25) is 4.79 Å². The summed E-state index contributed by atoms with van der Waals surface area (Å²) in [5.41, 5.74) is 1.30. The first-order valence-corrected chi connectivity index (χ1v) is 9.64. The number of thioether (sulfide) groups is 1. The zero-order chi connectivity index (χ0) is 20.4. The molecule has 4 rings (SSSR count). The van der Waals surface area contributed by atoms with Crippen LogP contribution in [-0.2, 0) is 11.8 Å². The maximum absolute atomic E-state index is 12.2. The summed E-state index contributed by atoms with van der Waals surface area (Å²) in [6, 6.07) is 15.7. The third kappa shape index (κ3) is 3.99. The molecule has 0 saturated heterocycles. The molecule has 0 aliphatic rings. The number of rotatable bonds is 6. The van der Waals surface area contributed by atoms with Gasteiger partial charge in [0.2, 0.25) is 5.91 Å². The summed E-state index contributed by atoms with van der Waals surface area (Å²) in [7, 11) is 1.80. The average Bonchev–Trinajstić information content (AvgIpc) is 3.29. The molecular weight excluding hydrogens is 392 g/mol. The Labute approximate surface area is 169 Å². The molecule has 0 atom stereocenters. The lowest BCUT2D eigenvalue weighted by Crippen LogP contribution is -2.15. The normalized spacial score (nSPS) is 10.9. The number of carbonyl (C=O) groups is 2. The van der Waals surface area contributed by atoms with Gasteiger partial charge in [0.1, 0.15) is 5.58 Å². The maximum atomic E-state index is 12.2. The van der Waals surface area contributed by atoms with Gasteiger partial charge in [0.05, 0.1) is 11.3 Å². The van der Waals surface area contributed by atoms with Gasteiger partial charge in [-0.1, -0.05) is 36.0 Å². The quantitative estimate of drug-likeness (QED) is 0.469. The van der Waals surface area contributed by atoms with Gasteiger partial charge < -0.3 is 19.4 Å². The van der Waals surface area contributed by atoms with Crippen molar-refractivity contribution < 1.29 is 19.1 Å². The number of aromatic carboxylic acids is 1. The van der Waals surface area contributed by atoms with E-state index in [2.05, 4.69) is 15.5 Å². The van der Waals surface area contributed by atoms with Crippen LogP contribution >= 0.6 is 11.8 Å². The zero-order valence-corrected chi connectivity index (χ0v) is 16.1. The van der Waals surface area contributed by atoms with Gasteiger partial charge in [-0.05, 0) is 30.3 Å². The van der Waals surface area contributed by atoms with Crippen molar-refractivity contribution in [3.05, 3.63) is 60.2 Å². The molecule has 2 heterocycles. The monoisotopic (exact) mass is 408 g/mol. The van der Waals surface area contributed by atoms with E-state index < -0.39 is 5.97 Å². The molecule has 2 aromatic carbocycles. The van der Waals surface area contributed by atoms with Crippen LogP contribution in [0.3, 0.4) is 0 Å². The molecule has 2 N–H and O–H groups in total. The predicted octanol–water partition coefficient (Wildman–Crippen LogP) is 3.66. The van der Waals surface area contributed by atoms with Crippen molar-refractivity contribution >= 4 is 40.3 Å². The topological polar surface area (TPSA) is 110 Å². The molecule has 29 heavy (non-hydrogen) atoms. The van der Waals surface area contributed by atoms with Crippen molar-refractivity contribution in [1.29, 1.82) is 0 Å². The van der Waals surface area contributed by atoms with Crippen LogP contribution in [-0.4, -0.2) is 37.5 Å². The van der Waals surface area contributed by atoms with Crippen LogP contribution in [0, 0.1) is 0 Å². The Morgan fingerprint density at radius 1 is 1.14 bits per heavy atom. The first-order chi connectivity index (χ1) is 14.0. The third-order valence-corrected chi connectivity index (χ3v) is 5.23. The minimum atomic E-state index is -1.05. The molecule has 8 nitrogen and oxygen atoms in total. The molecule has 0 bridgehead atoms. The fourth-order valence-corrected chi connectivity index (χ4v) is 3.52. The van der Waals surface area contributed by atoms with Gasteiger partial charge in [-0.2, -0.15) is 0 Å². The number of hydrogen-bond donors (Lipinski definition) is 2. The molecule has 9 heteroatoms. The second-order valence-corrected chi connectivity index (χ2v) is 7.18. The lowest BCUT2D eigenvalue weighted by molar-refractivity contribution is -0.113. The number of amides is 1. The molecule has 146 valence electrons. The molecule has 4 aromatic rings. The fourth-order valence-electron chi connectivity index (χ4n) is 2.80. The van der Waals surface area contributed by atoms with Gasteiger partial charge in [-0.25, -0.2) is 4.79 Å². The van der Waals surface area contributed by atoms with Crippen molar-refractivity contribution in [1.82, 2.24) is 14.8 Å². The molecule has 2 aromatic heterocycles. The predicted molar refractivity (Wildman–Crippen MR) is 109 cm³/mol. The van der Waals surface area contributed by atoms with E-state index in [1.165, 1.54) is 23.9 Å². The average molecular weight is 408 g/mol. The van der Waals surface area contributed by atoms with Gasteiger partial charge in [0.15, 0.2) is 16.7 Å². The molecule has 0 radical (unpaired) electrons. The van der Waals surface area contributed by atoms with Gasteiger partial charge in [0, 0.05) is 18.1 Å². The number of carboxylic acids is 1. The Hall–Kier alpha value is -3.59. The van der Waals surface area contributed by atoms with Crippen molar-refractivity contribution in [2.45, 2.75) is 5.16 Å². The number of fused-ring (bicyclic) bond motifs is 1. The Bertz CT molecular complexity index is 1180. The third-order valence-electron chi connectivity index (χ3n) is 4.21. The number of nitrogens with one attached hydrogen (secondary N) is 1. The molecule has 0 spiro atoms. The van der Waals surface area contributed by atoms with Gasteiger partial charge >= 0.3 is 5.97 Å². The van der Waals surface area contributed by atoms with Crippen LogP contribution in [0.5, 0.6) is 0 Å². The van der Waals surface area contributed by atoms with Gasteiger partial charge in [0.25, 0.3) is 0 Å². The Kier molecular flexibility index (Phi) is 5.05. The molecule has 0 unspecified atom stereocenters. The van der Waals surface area contributed by atoms with E-state index in [1.807, 2.05) is 30.3 Å². The SMILES string of the molecule is Cn1c(SCC(=O)Nc2cccc(C(=O)O)c2)nnc1-c1cc2ccccc2o1. The minimum Gasteiger partial charge on any atom is -0.478 e. The number of nitrogens with zero attached hydrogens (tertiary/aromatic N) is 3. The highest BCUT2D eigenvalue weighted by Crippen LogP contribution is 2.28. The number of carbonyl (C=O) groups excluding carboxylic acids is 1. The van der Waals surface area contributed by atoms with Crippen molar-refractivity contribution in [2.24, 2.45) is 7.05 Å². The number of benzene rings is 2. The highest BCUT2D eigenvalue weighted by atomic mass is 32.2. The van der Waals surface area contributed by atoms with Gasteiger partial charge in [-0.15, -0.1) is 10.2 Å². The first-order valence-electron chi connectivity index (χ1n) is 8.65. The van der Waals surface area contributed by atoms with E-state index in [0.29, 0.717) is 22.4 Å². The molecular formula is C20H16N4O4S. The van der Waals surface area contributed by atoms with Crippen LogP contribution in [0.15, 0.2) is 64.2 Å². The molecule has 0 fully saturated rings. The highest BCUT2D eigenvalue weighted by Gasteiger charge is 2.16. The summed E-state index contributed by atoms with van der Waals surface area (Å²) in [5, 5.41) is 21.6. The highest BCUT2D eigenvalue weighted by molar-refractivity contribution is 7.99.